The zero-order valence-electron chi connectivity index (χ0n) is 13.8. The minimum Gasteiger partial charge on any atom is -0.324 e. The molecule has 116 valence electrons. The number of piperidine rings is 1. The number of benzene rings is 1. The first kappa shape index (κ1) is 16.0. The summed E-state index contributed by atoms with van der Waals surface area (Å²) in [6, 6.07) is 6.63. The first-order chi connectivity index (χ1) is 10.0. The third kappa shape index (κ3) is 3.65. The molecule has 0 bridgehead atoms. The van der Waals surface area contributed by atoms with Crippen LogP contribution in [0, 0.1) is 13.8 Å². The van der Waals surface area contributed by atoms with E-state index in [1.807, 2.05) is 6.07 Å². The summed E-state index contributed by atoms with van der Waals surface area (Å²) in [6.45, 7) is 9.57. The highest BCUT2D eigenvalue weighted by Crippen LogP contribution is 2.24. The van der Waals surface area contributed by atoms with Gasteiger partial charge < -0.3 is 5.32 Å². The van der Waals surface area contributed by atoms with E-state index in [4.69, 9.17) is 0 Å². The van der Waals surface area contributed by atoms with Crippen molar-refractivity contribution in [3.63, 3.8) is 0 Å². The van der Waals surface area contributed by atoms with Crippen LogP contribution in [0.2, 0.25) is 0 Å². The molecule has 3 nitrogen and oxygen atoms in total. The number of carbonyl (C=O) groups excluding carboxylic acids is 1. The molecule has 1 aliphatic heterocycles. The van der Waals surface area contributed by atoms with Crippen LogP contribution in [0.3, 0.4) is 0 Å². The van der Waals surface area contributed by atoms with Gasteiger partial charge >= 0.3 is 0 Å². The summed E-state index contributed by atoms with van der Waals surface area (Å²) in [5.74, 6) is 0.160. The number of aryl methyl sites for hydroxylation is 2. The van der Waals surface area contributed by atoms with Gasteiger partial charge in [0.2, 0.25) is 5.91 Å². The minimum atomic E-state index is 0.0210. The van der Waals surface area contributed by atoms with E-state index in [9.17, 15) is 4.79 Å². The van der Waals surface area contributed by atoms with Gasteiger partial charge in [-0.3, -0.25) is 9.69 Å². The second-order valence-corrected chi connectivity index (χ2v) is 6.26. The number of nitrogens with zero attached hydrogens (tertiary/aromatic N) is 1. The van der Waals surface area contributed by atoms with Crippen molar-refractivity contribution in [2.45, 2.75) is 65.5 Å². The van der Waals surface area contributed by atoms with Gasteiger partial charge in [0.05, 0.1) is 6.04 Å². The van der Waals surface area contributed by atoms with Gasteiger partial charge in [0.1, 0.15) is 0 Å². The summed E-state index contributed by atoms with van der Waals surface area (Å²) in [5.41, 5.74) is 3.25. The Hall–Kier alpha value is -1.35. The molecule has 0 aliphatic carbocycles. The highest BCUT2D eigenvalue weighted by atomic mass is 16.2. The topological polar surface area (TPSA) is 32.3 Å². The molecule has 1 aliphatic rings. The molecule has 1 aromatic carbocycles. The Kier molecular flexibility index (Phi) is 5.40. The van der Waals surface area contributed by atoms with Crippen molar-refractivity contribution in [1.29, 1.82) is 0 Å². The van der Waals surface area contributed by atoms with Gasteiger partial charge in [-0.25, -0.2) is 0 Å². The largest absolute Gasteiger partial charge is 0.324 e. The lowest BCUT2D eigenvalue weighted by Gasteiger charge is -2.38. The van der Waals surface area contributed by atoms with E-state index in [0.29, 0.717) is 6.04 Å². The van der Waals surface area contributed by atoms with E-state index >= 15 is 0 Å². The first-order valence-corrected chi connectivity index (χ1v) is 8.17. The highest BCUT2D eigenvalue weighted by Gasteiger charge is 2.31. The Bertz CT molecular complexity index is 478. The van der Waals surface area contributed by atoms with E-state index in [1.165, 1.54) is 6.42 Å². The number of anilines is 1. The van der Waals surface area contributed by atoms with Crippen molar-refractivity contribution < 1.29 is 4.79 Å². The predicted molar refractivity (Wildman–Crippen MR) is 88.6 cm³/mol. The summed E-state index contributed by atoms with van der Waals surface area (Å²) in [4.78, 5) is 15.1. The average Bonchev–Trinajstić information content (AvgIpc) is 2.50. The maximum Gasteiger partial charge on any atom is 0.241 e. The Morgan fingerprint density at radius 2 is 2.00 bits per heavy atom. The van der Waals surface area contributed by atoms with Crippen LogP contribution in [-0.2, 0) is 4.79 Å². The monoisotopic (exact) mass is 288 g/mol. The molecule has 1 saturated heterocycles. The van der Waals surface area contributed by atoms with Crippen molar-refractivity contribution in [3.05, 3.63) is 29.3 Å². The van der Waals surface area contributed by atoms with Crippen LogP contribution in [0.4, 0.5) is 5.69 Å². The third-order valence-corrected chi connectivity index (χ3v) is 4.73. The second-order valence-electron chi connectivity index (χ2n) is 6.26. The number of amides is 1. The smallest absolute Gasteiger partial charge is 0.241 e. The quantitative estimate of drug-likeness (QED) is 0.911. The standard InChI is InChI=1S/C18H28N2O/c1-5-15(4)20-12-7-6-11-16(20)18(21)19-17-13(2)9-8-10-14(17)3/h8-10,15-16H,5-7,11-12H2,1-4H3,(H,19,21)/t15?,16-/m0/s1. The number of carbonyl (C=O) groups is 1. The van der Waals surface area contributed by atoms with Crippen LogP contribution in [-0.4, -0.2) is 29.4 Å². The first-order valence-electron chi connectivity index (χ1n) is 8.17. The molecule has 1 N–H and O–H groups in total. The van der Waals surface area contributed by atoms with Gasteiger partial charge in [0.25, 0.3) is 0 Å². The highest BCUT2D eigenvalue weighted by molar-refractivity contribution is 5.96. The normalized spacial score (nSPS) is 21.0. The van der Waals surface area contributed by atoms with E-state index in [-0.39, 0.29) is 11.9 Å². The molecular weight excluding hydrogens is 260 g/mol. The predicted octanol–water partition coefficient (Wildman–Crippen LogP) is 3.89. The molecule has 21 heavy (non-hydrogen) atoms. The molecular formula is C18H28N2O. The zero-order chi connectivity index (χ0) is 15.4. The van der Waals surface area contributed by atoms with Crippen LogP contribution in [0.15, 0.2) is 18.2 Å². The summed E-state index contributed by atoms with van der Waals surface area (Å²) >= 11 is 0. The molecule has 0 radical (unpaired) electrons. The summed E-state index contributed by atoms with van der Waals surface area (Å²) in [6.07, 6.45) is 4.42. The lowest BCUT2D eigenvalue weighted by molar-refractivity contribution is -0.123. The molecule has 0 saturated carbocycles. The number of hydrogen-bond acceptors (Lipinski definition) is 2. The van der Waals surface area contributed by atoms with Crippen molar-refractivity contribution in [2.75, 3.05) is 11.9 Å². The number of hydrogen-bond donors (Lipinski definition) is 1. The molecule has 1 amide bonds. The summed E-state index contributed by atoms with van der Waals surface area (Å²) in [5, 5.41) is 3.18. The van der Waals surface area contributed by atoms with Crippen LogP contribution in [0.25, 0.3) is 0 Å². The van der Waals surface area contributed by atoms with Gasteiger partial charge in [-0.15, -0.1) is 0 Å². The SMILES string of the molecule is CCC(C)N1CCCC[C@H]1C(=O)Nc1c(C)cccc1C. The van der Waals surface area contributed by atoms with E-state index in [1.54, 1.807) is 0 Å². The molecule has 1 fully saturated rings. The number of likely N-dealkylation sites (tertiary alicyclic amines) is 1. The molecule has 1 heterocycles. The lowest BCUT2D eigenvalue weighted by Crippen LogP contribution is -2.50. The summed E-state index contributed by atoms with van der Waals surface area (Å²) in [7, 11) is 0. The van der Waals surface area contributed by atoms with Gasteiger partial charge in [-0.05, 0) is 57.7 Å². The minimum absolute atomic E-state index is 0.0210. The van der Waals surface area contributed by atoms with Crippen LogP contribution in [0.5, 0.6) is 0 Å². The van der Waals surface area contributed by atoms with Crippen LogP contribution in [0.1, 0.15) is 50.7 Å². The number of para-hydroxylation sites is 1. The molecule has 1 aromatic rings. The maximum absolute atomic E-state index is 12.7. The fourth-order valence-corrected chi connectivity index (χ4v) is 3.22. The van der Waals surface area contributed by atoms with Crippen molar-refractivity contribution in [2.24, 2.45) is 0 Å². The molecule has 2 rings (SSSR count). The Labute approximate surface area is 128 Å². The second kappa shape index (κ2) is 7.08. The molecule has 0 aromatic heterocycles. The molecule has 2 atom stereocenters. The maximum atomic E-state index is 12.7. The third-order valence-electron chi connectivity index (χ3n) is 4.73. The fraction of sp³-hybridized carbons (Fsp3) is 0.611. The van der Waals surface area contributed by atoms with E-state index in [2.05, 4.69) is 50.0 Å². The van der Waals surface area contributed by atoms with Crippen LogP contribution >= 0.6 is 0 Å². The van der Waals surface area contributed by atoms with Crippen molar-refractivity contribution in [3.8, 4) is 0 Å². The van der Waals surface area contributed by atoms with Gasteiger partial charge in [-0.1, -0.05) is 31.5 Å². The fourth-order valence-electron chi connectivity index (χ4n) is 3.22. The molecule has 0 spiro atoms. The van der Waals surface area contributed by atoms with Gasteiger partial charge in [-0.2, -0.15) is 0 Å². The average molecular weight is 288 g/mol. The van der Waals surface area contributed by atoms with Gasteiger partial charge in [0.15, 0.2) is 0 Å². The van der Waals surface area contributed by atoms with Crippen molar-refractivity contribution in [1.82, 2.24) is 4.90 Å². The zero-order valence-corrected chi connectivity index (χ0v) is 13.8. The Balaban J connectivity index is 2.14. The number of nitrogens with one attached hydrogen (secondary N) is 1. The number of rotatable bonds is 4. The lowest BCUT2D eigenvalue weighted by atomic mass is 9.98. The Morgan fingerprint density at radius 3 is 2.62 bits per heavy atom. The molecule has 3 heteroatoms. The molecule has 1 unspecified atom stereocenters. The van der Waals surface area contributed by atoms with E-state index in [0.717, 1.165) is 42.6 Å². The van der Waals surface area contributed by atoms with Crippen molar-refractivity contribution >= 4 is 11.6 Å². The van der Waals surface area contributed by atoms with Crippen LogP contribution < -0.4 is 5.32 Å². The Morgan fingerprint density at radius 1 is 1.33 bits per heavy atom. The summed E-state index contributed by atoms with van der Waals surface area (Å²) < 4.78 is 0. The van der Waals surface area contributed by atoms with Gasteiger partial charge in [0, 0.05) is 11.7 Å². The van der Waals surface area contributed by atoms with E-state index < -0.39 is 0 Å².